The number of hydrogen-bond donors (Lipinski definition) is 1. The molecule has 21 heavy (non-hydrogen) atoms. The monoisotopic (exact) mass is 294 g/mol. The van der Waals surface area contributed by atoms with E-state index in [9.17, 15) is 0 Å². The Morgan fingerprint density at radius 1 is 1.33 bits per heavy atom. The topological polar surface area (TPSA) is 50.3 Å². The van der Waals surface area contributed by atoms with E-state index in [0.29, 0.717) is 12.5 Å². The van der Waals surface area contributed by atoms with Gasteiger partial charge in [-0.05, 0) is 20.8 Å². The first-order valence-electron chi connectivity index (χ1n) is 7.55. The van der Waals surface area contributed by atoms with Crippen LogP contribution >= 0.6 is 0 Å². The summed E-state index contributed by atoms with van der Waals surface area (Å²) in [6.45, 7) is 13.0. The van der Waals surface area contributed by atoms with E-state index in [1.165, 1.54) is 0 Å². The van der Waals surface area contributed by atoms with Crippen LogP contribution in [0.25, 0.3) is 0 Å². The summed E-state index contributed by atoms with van der Waals surface area (Å²) in [6.07, 6.45) is 1.93. The SMILES string of the molecule is COCCN(C)c1cnc(C(C)C)nc1CNC(C)(C)C. The molecule has 0 fully saturated rings. The molecule has 0 aliphatic rings. The largest absolute Gasteiger partial charge is 0.383 e. The van der Waals surface area contributed by atoms with Gasteiger partial charge >= 0.3 is 0 Å². The molecule has 0 radical (unpaired) electrons. The molecule has 1 rings (SSSR count). The predicted octanol–water partition coefficient (Wildman–Crippen LogP) is 2.57. The Balaban J connectivity index is 2.99. The van der Waals surface area contributed by atoms with E-state index >= 15 is 0 Å². The van der Waals surface area contributed by atoms with Crippen molar-refractivity contribution in [2.75, 3.05) is 32.2 Å². The average Bonchev–Trinajstić information content (AvgIpc) is 2.41. The molecule has 1 N–H and O–H groups in total. The number of rotatable bonds is 7. The van der Waals surface area contributed by atoms with E-state index < -0.39 is 0 Å². The molecule has 0 aliphatic heterocycles. The molecule has 0 saturated heterocycles. The maximum absolute atomic E-state index is 5.15. The minimum Gasteiger partial charge on any atom is -0.383 e. The Labute approximate surface area is 129 Å². The van der Waals surface area contributed by atoms with Crippen LogP contribution < -0.4 is 10.2 Å². The number of methoxy groups -OCH3 is 1. The molecule has 0 aliphatic carbocycles. The highest BCUT2D eigenvalue weighted by Crippen LogP contribution is 2.20. The first kappa shape index (κ1) is 17.9. The van der Waals surface area contributed by atoms with Crippen molar-refractivity contribution in [1.82, 2.24) is 15.3 Å². The normalized spacial score (nSPS) is 12.0. The van der Waals surface area contributed by atoms with E-state index in [1.807, 2.05) is 13.2 Å². The minimum absolute atomic E-state index is 0.0608. The lowest BCUT2D eigenvalue weighted by molar-refractivity contribution is 0.206. The fourth-order valence-electron chi connectivity index (χ4n) is 1.85. The number of likely N-dealkylation sites (N-methyl/N-ethyl adjacent to an activating group) is 1. The van der Waals surface area contributed by atoms with Crippen LogP contribution in [0, 0.1) is 0 Å². The molecule has 0 bridgehead atoms. The van der Waals surface area contributed by atoms with Gasteiger partial charge < -0.3 is 15.0 Å². The molecular weight excluding hydrogens is 264 g/mol. The van der Waals surface area contributed by atoms with E-state index in [4.69, 9.17) is 9.72 Å². The van der Waals surface area contributed by atoms with Crippen LogP contribution in [0.4, 0.5) is 5.69 Å². The van der Waals surface area contributed by atoms with Gasteiger partial charge in [0.25, 0.3) is 0 Å². The zero-order chi connectivity index (χ0) is 16.0. The second kappa shape index (κ2) is 7.71. The second-order valence-corrected chi connectivity index (χ2v) is 6.73. The van der Waals surface area contributed by atoms with Crippen LogP contribution in [-0.2, 0) is 11.3 Å². The van der Waals surface area contributed by atoms with Crippen LogP contribution in [0.5, 0.6) is 0 Å². The van der Waals surface area contributed by atoms with Crippen LogP contribution in [0.15, 0.2) is 6.20 Å². The predicted molar refractivity (Wildman–Crippen MR) is 87.9 cm³/mol. The molecule has 0 atom stereocenters. The summed E-state index contributed by atoms with van der Waals surface area (Å²) in [5.41, 5.74) is 2.17. The van der Waals surface area contributed by atoms with Gasteiger partial charge in [-0.15, -0.1) is 0 Å². The van der Waals surface area contributed by atoms with E-state index in [2.05, 4.69) is 49.8 Å². The van der Waals surface area contributed by atoms with Gasteiger partial charge in [-0.2, -0.15) is 0 Å². The van der Waals surface area contributed by atoms with Gasteiger partial charge in [0.1, 0.15) is 5.82 Å². The molecule has 5 heteroatoms. The van der Waals surface area contributed by atoms with Crippen LogP contribution in [0.2, 0.25) is 0 Å². The maximum atomic E-state index is 5.15. The van der Waals surface area contributed by atoms with E-state index in [1.54, 1.807) is 7.11 Å². The molecule has 1 heterocycles. The van der Waals surface area contributed by atoms with Crippen molar-refractivity contribution >= 4 is 5.69 Å². The number of nitrogens with zero attached hydrogens (tertiary/aromatic N) is 3. The van der Waals surface area contributed by atoms with Crippen molar-refractivity contribution < 1.29 is 4.74 Å². The Hall–Kier alpha value is -1.20. The number of hydrogen-bond acceptors (Lipinski definition) is 5. The van der Waals surface area contributed by atoms with Gasteiger partial charge in [-0.25, -0.2) is 9.97 Å². The smallest absolute Gasteiger partial charge is 0.131 e. The van der Waals surface area contributed by atoms with Crippen LogP contribution in [0.1, 0.15) is 52.1 Å². The van der Waals surface area contributed by atoms with E-state index in [-0.39, 0.29) is 5.54 Å². The van der Waals surface area contributed by atoms with Gasteiger partial charge in [-0.3, -0.25) is 0 Å². The molecular formula is C16H30N4O. The molecule has 0 spiro atoms. The van der Waals surface area contributed by atoms with Crippen LogP contribution in [-0.4, -0.2) is 42.8 Å². The Bertz CT molecular complexity index is 440. The molecule has 1 aromatic heterocycles. The summed E-state index contributed by atoms with van der Waals surface area (Å²) in [5, 5.41) is 3.51. The third-order valence-electron chi connectivity index (χ3n) is 3.21. The third kappa shape index (κ3) is 5.98. The van der Waals surface area contributed by atoms with Crippen molar-refractivity contribution in [3.8, 4) is 0 Å². The summed E-state index contributed by atoms with van der Waals surface area (Å²) in [7, 11) is 3.77. The van der Waals surface area contributed by atoms with Crippen molar-refractivity contribution in [1.29, 1.82) is 0 Å². The molecule has 0 aromatic carbocycles. The summed E-state index contributed by atoms with van der Waals surface area (Å²) < 4.78 is 5.15. The lowest BCUT2D eigenvalue weighted by Crippen LogP contribution is -2.36. The van der Waals surface area contributed by atoms with Gasteiger partial charge in [0.15, 0.2) is 0 Å². The van der Waals surface area contributed by atoms with Gasteiger partial charge in [-0.1, -0.05) is 13.8 Å². The number of anilines is 1. The fourth-order valence-corrected chi connectivity index (χ4v) is 1.85. The van der Waals surface area contributed by atoms with E-state index in [0.717, 1.165) is 30.3 Å². The van der Waals surface area contributed by atoms with Crippen molar-refractivity contribution in [2.45, 2.75) is 52.6 Å². The highest BCUT2D eigenvalue weighted by Gasteiger charge is 2.16. The molecule has 1 aromatic rings. The molecule has 0 saturated carbocycles. The highest BCUT2D eigenvalue weighted by molar-refractivity contribution is 5.48. The third-order valence-corrected chi connectivity index (χ3v) is 3.21. The minimum atomic E-state index is 0.0608. The van der Waals surface area contributed by atoms with Crippen LogP contribution in [0.3, 0.4) is 0 Å². The lowest BCUT2D eigenvalue weighted by atomic mass is 10.1. The van der Waals surface area contributed by atoms with Gasteiger partial charge in [0.2, 0.25) is 0 Å². The quantitative estimate of drug-likeness (QED) is 0.837. The molecule has 5 nitrogen and oxygen atoms in total. The van der Waals surface area contributed by atoms with Crippen molar-refractivity contribution in [2.24, 2.45) is 0 Å². The Kier molecular flexibility index (Phi) is 6.55. The fraction of sp³-hybridized carbons (Fsp3) is 0.750. The standard InChI is InChI=1S/C16H30N4O/c1-12(2)15-17-11-14(20(6)8-9-21-7)13(19-15)10-18-16(3,4)5/h11-12,18H,8-10H2,1-7H3. The number of ether oxygens (including phenoxy) is 1. The number of aromatic nitrogens is 2. The van der Waals surface area contributed by atoms with Gasteiger partial charge in [0.05, 0.1) is 24.2 Å². The van der Waals surface area contributed by atoms with Crippen molar-refractivity contribution in [3.63, 3.8) is 0 Å². The summed E-state index contributed by atoms with van der Waals surface area (Å²) in [4.78, 5) is 11.4. The average molecular weight is 294 g/mol. The zero-order valence-electron chi connectivity index (χ0n) is 14.5. The Morgan fingerprint density at radius 2 is 2.00 bits per heavy atom. The summed E-state index contributed by atoms with van der Waals surface area (Å²) >= 11 is 0. The van der Waals surface area contributed by atoms with Gasteiger partial charge in [0, 0.05) is 38.7 Å². The number of nitrogens with one attached hydrogen (secondary N) is 1. The highest BCUT2D eigenvalue weighted by atomic mass is 16.5. The maximum Gasteiger partial charge on any atom is 0.131 e. The second-order valence-electron chi connectivity index (χ2n) is 6.73. The molecule has 0 amide bonds. The molecule has 0 unspecified atom stereocenters. The first-order chi connectivity index (χ1) is 9.74. The van der Waals surface area contributed by atoms with Crippen molar-refractivity contribution in [3.05, 3.63) is 17.7 Å². The summed E-state index contributed by atoms with van der Waals surface area (Å²) in [6, 6.07) is 0. The lowest BCUT2D eigenvalue weighted by Gasteiger charge is -2.25. The Morgan fingerprint density at radius 3 is 2.52 bits per heavy atom. The molecule has 120 valence electrons. The zero-order valence-corrected chi connectivity index (χ0v) is 14.5. The summed E-state index contributed by atoms with van der Waals surface area (Å²) in [5.74, 6) is 1.22. The first-order valence-corrected chi connectivity index (χ1v) is 7.55.